The predicted octanol–water partition coefficient (Wildman–Crippen LogP) is 3.07. The van der Waals surface area contributed by atoms with Crippen LogP contribution in [0.1, 0.15) is 64.7 Å². The summed E-state index contributed by atoms with van der Waals surface area (Å²) in [5, 5.41) is 3.66. The van der Waals surface area contributed by atoms with Gasteiger partial charge < -0.3 is 11.1 Å². The summed E-state index contributed by atoms with van der Waals surface area (Å²) < 4.78 is 0. The van der Waals surface area contributed by atoms with Crippen LogP contribution in [0.25, 0.3) is 0 Å². The van der Waals surface area contributed by atoms with Crippen molar-refractivity contribution in [3.05, 3.63) is 0 Å². The first-order valence-corrected chi connectivity index (χ1v) is 7.24. The number of nitrogens with one attached hydrogen (secondary N) is 1. The van der Waals surface area contributed by atoms with E-state index in [2.05, 4.69) is 12.2 Å². The first-order chi connectivity index (χ1) is 7.83. The number of unbranched alkanes of at least 4 members (excludes halogenated alkanes) is 3. The minimum atomic E-state index is 0.650. The Morgan fingerprint density at radius 2 is 1.75 bits per heavy atom. The molecule has 1 saturated carbocycles. The minimum absolute atomic E-state index is 0.650. The van der Waals surface area contributed by atoms with Crippen molar-refractivity contribution in [2.24, 2.45) is 11.1 Å². The average Bonchev–Trinajstić information content (AvgIpc) is 2.77. The van der Waals surface area contributed by atoms with Crippen LogP contribution in [0.2, 0.25) is 0 Å². The zero-order chi connectivity index (χ0) is 11.7. The van der Waals surface area contributed by atoms with E-state index < -0.39 is 0 Å². The highest BCUT2D eigenvalue weighted by atomic mass is 14.9. The smallest absolute Gasteiger partial charge is 0.000770 e. The highest BCUT2D eigenvalue weighted by Crippen LogP contribution is 2.40. The zero-order valence-corrected chi connectivity index (χ0v) is 11.1. The lowest BCUT2D eigenvalue weighted by molar-refractivity contribution is 0.268. The number of hydrogen-bond donors (Lipinski definition) is 2. The van der Waals surface area contributed by atoms with Gasteiger partial charge >= 0.3 is 0 Å². The van der Waals surface area contributed by atoms with E-state index in [9.17, 15) is 0 Å². The molecule has 1 aliphatic carbocycles. The molecule has 0 unspecified atom stereocenters. The Bertz CT molecular complexity index is 162. The number of rotatable bonds is 9. The third-order valence-corrected chi connectivity index (χ3v) is 4.22. The lowest BCUT2D eigenvalue weighted by Crippen LogP contribution is -2.32. The monoisotopic (exact) mass is 226 g/mol. The van der Waals surface area contributed by atoms with E-state index in [0.29, 0.717) is 5.41 Å². The molecule has 2 nitrogen and oxygen atoms in total. The molecule has 1 rings (SSSR count). The van der Waals surface area contributed by atoms with Gasteiger partial charge in [0.1, 0.15) is 0 Å². The number of nitrogens with two attached hydrogens (primary N) is 1. The molecule has 0 aromatic rings. The van der Waals surface area contributed by atoms with Crippen molar-refractivity contribution in [3.63, 3.8) is 0 Å². The fourth-order valence-corrected chi connectivity index (χ4v) is 2.88. The van der Waals surface area contributed by atoms with E-state index in [1.807, 2.05) is 0 Å². The van der Waals surface area contributed by atoms with Crippen molar-refractivity contribution in [1.29, 1.82) is 0 Å². The Labute approximate surface area is 101 Å². The first-order valence-electron chi connectivity index (χ1n) is 7.24. The molecule has 0 aliphatic heterocycles. The SMILES string of the molecule is CCC1(CNCCCCCCN)CCCC1. The third kappa shape index (κ3) is 4.84. The quantitative estimate of drug-likeness (QED) is 0.593. The summed E-state index contributed by atoms with van der Waals surface area (Å²) in [6, 6.07) is 0. The van der Waals surface area contributed by atoms with E-state index in [4.69, 9.17) is 5.73 Å². The summed E-state index contributed by atoms with van der Waals surface area (Å²) in [7, 11) is 0. The third-order valence-electron chi connectivity index (χ3n) is 4.22. The van der Waals surface area contributed by atoms with E-state index in [0.717, 1.165) is 6.54 Å². The molecule has 2 heteroatoms. The standard InChI is InChI=1S/C14H30N2/c1-2-14(9-5-6-10-14)13-16-12-8-4-3-7-11-15/h16H,2-13,15H2,1H3. The molecule has 1 fully saturated rings. The van der Waals surface area contributed by atoms with Gasteiger partial charge in [-0.3, -0.25) is 0 Å². The second-order valence-electron chi connectivity index (χ2n) is 5.44. The first kappa shape index (κ1) is 14.0. The normalized spacial score (nSPS) is 19.1. The van der Waals surface area contributed by atoms with Gasteiger partial charge in [-0.2, -0.15) is 0 Å². The zero-order valence-electron chi connectivity index (χ0n) is 11.1. The molecule has 3 N–H and O–H groups in total. The van der Waals surface area contributed by atoms with Crippen LogP contribution < -0.4 is 11.1 Å². The van der Waals surface area contributed by atoms with Crippen LogP contribution in [0.4, 0.5) is 0 Å². The van der Waals surface area contributed by atoms with Crippen LogP contribution in [0.3, 0.4) is 0 Å². The topological polar surface area (TPSA) is 38.0 Å². The average molecular weight is 226 g/mol. The largest absolute Gasteiger partial charge is 0.330 e. The van der Waals surface area contributed by atoms with Gasteiger partial charge in [0.25, 0.3) is 0 Å². The van der Waals surface area contributed by atoms with E-state index in [1.165, 1.54) is 70.9 Å². The molecule has 0 spiro atoms. The Kier molecular flexibility index (Phi) is 7.06. The van der Waals surface area contributed by atoms with Crippen molar-refractivity contribution in [2.75, 3.05) is 19.6 Å². The maximum atomic E-state index is 5.47. The van der Waals surface area contributed by atoms with Gasteiger partial charge in [0, 0.05) is 6.54 Å². The molecule has 16 heavy (non-hydrogen) atoms. The molecule has 0 bridgehead atoms. The van der Waals surface area contributed by atoms with Gasteiger partial charge in [0.05, 0.1) is 0 Å². The van der Waals surface area contributed by atoms with E-state index in [1.54, 1.807) is 0 Å². The van der Waals surface area contributed by atoms with Gasteiger partial charge in [-0.1, -0.05) is 32.6 Å². The molecule has 0 aromatic heterocycles. The molecular weight excluding hydrogens is 196 g/mol. The van der Waals surface area contributed by atoms with Crippen LogP contribution in [-0.4, -0.2) is 19.6 Å². The Hall–Kier alpha value is -0.0800. The van der Waals surface area contributed by atoms with Gasteiger partial charge in [0.15, 0.2) is 0 Å². The summed E-state index contributed by atoms with van der Waals surface area (Å²) in [5.74, 6) is 0. The van der Waals surface area contributed by atoms with Crippen LogP contribution >= 0.6 is 0 Å². The van der Waals surface area contributed by atoms with Crippen LogP contribution in [0, 0.1) is 5.41 Å². The molecule has 0 radical (unpaired) electrons. The number of hydrogen-bond acceptors (Lipinski definition) is 2. The van der Waals surface area contributed by atoms with Crippen molar-refractivity contribution >= 4 is 0 Å². The van der Waals surface area contributed by atoms with Crippen molar-refractivity contribution in [1.82, 2.24) is 5.32 Å². The molecule has 96 valence electrons. The molecule has 0 atom stereocenters. The molecule has 0 heterocycles. The van der Waals surface area contributed by atoms with E-state index in [-0.39, 0.29) is 0 Å². The summed E-state index contributed by atoms with van der Waals surface area (Å²) in [6.07, 6.45) is 12.3. The van der Waals surface area contributed by atoms with Gasteiger partial charge in [-0.05, 0) is 50.6 Å². The molecule has 1 aliphatic rings. The fourth-order valence-electron chi connectivity index (χ4n) is 2.88. The second kappa shape index (κ2) is 8.08. The predicted molar refractivity (Wildman–Crippen MR) is 71.6 cm³/mol. The lowest BCUT2D eigenvalue weighted by Gasteiger charge is -2.27. The molecular formula is C14H30N2. The van der Waals surface area contributed by atoms with E-state index >= 15 is 0 Å². The summed E-state index contributed by atoms with van der Waals surface area (Å²) >= 11 is 0. The Morgan fingerprint density at radius 1 is 1.06 bits per heavy atom. The maximum Gasteiger partial charge on any atom is 0.000770 e. The molecule has 0 saturated heterocycles. The van der Waals surface area contributed by atoms with Crippen molar-refractivity contribution in [2.45, 2.75) is 64.7 Å². The Morgan fingerprint density at radius 3 is 2.38 bits per heavy atom. The van der Waals surface area contributed by atoms with Crippen LogP contribution in [0.5, 0.6) is 0 Å². The van der Waals surface area contributed by atoms with Gasteiger partial charge in [-0.15, -0.1) is 0 Å². The summed E-state index contributed by atoms with van der Waals surface area (Å²) in [4.78, 5) is 0. The summed E-state index contributed by atoms with van der Waals surface area (Å²) in [6.45, 7) is 5.66. The van der Waals surface area contributed by atoms with Crippen LogP contribution in [-0.2, 0) is 0 Å². The minimum Gasteiger partial charge on any atom is -0.330 e. The summed E-state index contributed by atoms with van der Waals surface area (Å²) in [5.41, 5.74) is 6.12. The van der Waals surface area contributed by atoms with Gasteiger partial charge in [0.2, 0.25) is 0 Å². The Balaban J connectivity index is 1.97. The maximum absolute atomic E-state index is 5.47. The van der Waals surface area contributed by atoms with Crippen molar-refractivity contribution in [3.8, 4) is 0 Å². The van der Waals surface area contributed by atoms with Crippen molar-refractivity contribution < 1.29 is 0 Å². The highest BCUT2D eigenvalue weighted by molar-refractivity contribution is 4.85. The fraction of sp³-hybridized carbons (Fsp3) is 1.00. The second-order valence-corrected chi connectivity index (χ2v) is 5.44. The van der Waals surface area contributed by atoms with Gasteiger partial charge in [-0.25, -0.2) is 0 Å². The lowest BCUT2D eigenvalue weighted by atomic mass is 9.83. The molecule has 0 aromatic carbocycles. The van der Waals surface area contributed by atoms with Crippen LogP contribution in [0.15, 0.2) is 0 Å². The molecule has 0 amide bonds. The highest BCUT2D eigenvalue weighted by Gasteiger charge is 2.31.